The molecule has 0 amide bonds. The first-order valence-electron chi connectivity index (χ1n) is 7.64. The van der Waals surface area contributed by atoms with Crippen LogP contribution in [0.4, 0.5) is 13.2 Å². The van der Waals surface area contributed by atoms with Gasteiger partial charge in [0.1, 0.15) is 17.3 Å². The summed E-state index contributed by atoms with van der Waals surface area (Å²) < 4.78 is 39.6. The van der Waals surface area contributed by atoms with Gasteiger partial charge in [-0.15, -0.1) is 0 Å². The van der Waals surface area contributed by atoms with Crippen molar-refractivity contribution in [1.82, 2.24) is 9.38 Å². The molecule has 1 N–H and O–H groups in total. The van der Waals surface area contributed by atoms with Crippen LogP contribution in [-0.2, 0) is 6.18 Å². The number of fused-ring (bicyclic) bond motifs is 3. The number of pyridine rings is 1. The lowest BCUT2D eigenvalue weighted by Crippen LogP contribution is -2.13. The molecule has 0 saturated heterocycles. The first kappa shape index (κ1) is 16.0. The van der Waals surface area contributed by atoms with Crippen LogP contribution >= 0.6 is 0 Å². The highest BCUT2D eigenvalue weighted by molar-refractivity contribution is 5.86. The van der Waals surface area contributed by atoms with Gasteiger partial charge in [-0.05, 0) is 29.8 Å². The Hall–Kier alpha value is -3.53. The lowest BCUT2D eigenvalue weighted by molar-refractivity contribution is -0.137. The second kappa shape index (κ2) is 5.49. The number of alkyl halides is 3. The summed E-state index contributed by atoms with van der Waals surface area (Å²) in [5.41, 5.74) is 1.32. The number of rotatable bonds is 1. The maximum atomic E-state index is 12.7. The van der Waals surface area contributed by atoms with Crippen LogP contribution in [-0.4, -0.2) is 9.38 Å². The van der Waals surface area contributed by atoms with Gasteiger partial charge in [0.25, 0.3) is 5.56 Å². The van der Waals surface area contributed by atoms with Crippen molar-refractivity contribution in [2.24, 2.45) is 0 Å². The average molecular weight is 353 g/mol. The number of para-hydroxylation sites is 2. The van der Waals surface area contributed by atoms with E-state index in [4.69, 9.17) is 0 Å². The minimum absolute atomic E-state index is 0.195. The third-order valence-corrected chi connectivity index (χ3v) is 4.25. The summed E-state index contributed by atoms with van der Waals surface area (Å²) in [7, 11) is 0. The van der Waals surface area contributed by atoms with E-state index in [9.17, 15) is 23.2 Å². The van der Waals surface area contributed by atoms with Crippen LogP contribution in [0.1, 0.15) is 11.1 Å². The summed E-state index contributed by atoms with van der Waals surface area (Å²) in [6, 6.07) is 14.8. The van der Waals surface area contributed by atoms with E-state index < -0.39 is 11.7 Å². The maximum Gasteiger partial charge on any atom is 0.416 e. The van der Waals surface area contributed by atoms with Gasteiger partial charge in [-0.3, -0.25) is 9.20 Å². The number of nitrogens with zero attached hydrogens (tertiary/aromatic N) is 2. The van der Waals surface area contributed by atoms with Gasteiger partial charge < -0.3 is 4.98 Å². The van der Waals surface area contributed by atoms with Crippen molar-refractivity contribution in [3.63, 3.8) is 0 Å². The minimum Gasteiger partial charge on any atom is -0.338 e. The van der Waals surface area contributed by atoms with Crippen molar-refractivity contribution in [1.29, 1.82) is 5.26 Å². The largest absolute Gasteiger partial charge is 0.416 e. The van der Waals surface area contributed by atoms with Gasteiger partial charge in [-0.1, -0.05) is 24.3 Å². The van der Waals surface area contributed by atoms with E-state index in [1.807, 2.05) is 0 Å². The molecule has 7 heteroatoms. The van der Waals surface area contributed by atoms with Gasteiger partial charge >= 0.3 is 6.18 Å². The van der Waals surface area contributed by atoms with Gasteiger partial charge in [0, 0.05) is 11.6 Å². The topological polar surface area (TPSA) is 61.1 Å². The Morgan fingerprint density at radius 3 is 2.38 bits per heavy atom. The summed E-state index contributed by atoms with van der Waals surface area (Å²) in [4.78, 5) is 15.6. The SMILES string of the molecule is N#Cc1c(-c2ccc(C(F)(F)F)cc2)cc(=O)n2c1[nH]c1ccccc12. The van der Waals surface area contributed by atoms with E-state index in [0.29, 0.717) is 22.2 Å². The lowest BCUT2D eigenvalue weighted by Gasteiger charge is -2.09. The van der Waals surface area contributed by atoms with E-state index in [-0.39, 0.29) is 16.7 Å². The van der Waals surface area contributed by atoms with Crippen LogP contribution in [0, 0.1) is 11.3 Å². The number of nitriles is 1. The fourth-order valence-corrected chi connectivity index (χ4v) is 3.05. The Balaban J connectivity index is 2.01. The molecule has 4 nitrogen and oxygen atoms in total. The summed E-state index contributed by atoms with van der Waals surface area (Å²) in [6.45, 7) is 0. The van der Waals surface area contributed by atoms with E-state index >= 15 is 0 Å². The summed E-state index contributed by atoms with van der Waals surface area (Å²) in [5.74, 6) is 0. The molecule has 0 atom stereocenters. The first-order valence-corrected chi connectivity index (χ1v) is 7.64. The molecule has 0 spiro atoms. The third-order valence-electron chi connectivity index (χ3n) is 4.25. The number of hydrogen-bond acceptors (Lipinski definition) is 2. The number of imidazole rings is 1. The molecule has 0 saturated carbocycles. The van der Waals surface area contributed by atoms with Crippen LogP contribution < -0.4 is 5.56 Å². The van der Waals surface area contributed by atoms with Crippen molar-refractivity contribution < 1.29 is 13.2 Å². The average Bonchev–Trinajstić information content (AvgIpc) is 3.01. The Kier molecular flexibility index (Phi) is 3.37. The molecular weight excluding hydrogens is 343 g/mol. The molecule has 0 aliphatic carbocycles. The molecule has 0 radical (unpaired) electrons. The van der Waals surface area contributed by atoms with E-state index in [0.717, 1.165) is 12.1 Å². The summed E-state index contributed by atoms with van der Waals surface area (Å²) >= 11 is 0. The predicted molar refractivity (Wildman–Crippen MR) is 90.7 cm³/mol. The van der Waals surface area contributed by atoms with Crippen LogP contribution in [0.15, 0.2) is 59.4 Å². The number of benzene rings is 2. The van der Waals surface area contributed by atoms with Crippen LogP contribution in [0.5, 0.6) is 0 Å². The molecule has 0 fully saturated rings. The Labute approximate surface area is 144 Å². The highest BCUT2D eigenvalue weighted by atomic mass is 19.4. The zero-order chi connectivity index (χ0) is 18.5. The van der Waals surface area contributed by atoms with Gasteiger partial charge in [-0.25, -0.2) is 0 Å². The number of hydrogen-bond donors (Lipinski definition) is 1. The highest BCUT2D eigenvalue weighted by Crippen LogP contribution is 2.32. The number of nitrogens with one attached hydrogen (secondary N) is 1. The zero-order valence-corrected chi connectivity index (χ0v) is 13.1. The Morgan fingerprint density at radius 2 is 1.73 bits per heavy atom. The highest BCUT2D eigenvalue weighted by Gasteiger charge is 2.30. The van der Waals surface area contributed by atoms with Crippen molar-refractivity contribution in [3.05, 3.63) is 76.1 Å². The molecule has 2 aromatic carbocycles. The number of aromatic amines is 1. The molecule has 26 heavy (non-hydrogen) atoms. The van der Waals surface area contributed by atoms with Crippen LogP contribution in [0.25, 0.3) is 27.8 Å². The molecule has 0 aliphatic heterocycles. The maximum absolute atomic E-state index is 12.7. The van der Waals surface area contributed by atoms with E-state index in [2.05, 4.69) is 11.1 Å². The molecule has 4 aromatic rings. The van der Waals surface area contributed by atoms with Crippen LogP contribution in [0.2, 0.25) is 0 Å². The molecular formula is C19H10F3N3O. The lowest BCUT2D eigenvalue weighted by atomic mass is 10.0. The van der Waals surface area contributed by atoms with Crippen molar-refractivity contribution >= 4 is 16.7 Å². The molecule has 2 heterocycles. The molecule has 0 aliphatic rings. The van der Waals surface area contributed by atoms with Gasteiger partial charge in [0.05, 0.1) is 16.6 Å². The molecule has 0 unspecified atom stereocenters. The Bertz CT molecular complexity index is 1240. The molecule has 128 valence electrons. The Morgan fingerprint density at radius 1 is 1.04 bits per heavy atom. The van der Waals surface area contributed by atoms with E-state index in [1.54, 1.807) is 24.3 Å². The zero-order valence-electron chi connectivity index (χ0n) is 13.1. The quantitative estimate of drug-likeness (QED) is 0.553. The minimum atomic E-state index is -4.45. The second-order valence-corrected chi connectivity index (χ2v) is 5.78. The van der Waals surface area contributed by atoms with Crippen LogP contribution in [0.3, 0.4) is 0 Å². The van der Waals surface area contributed by atoms with Crippen molar-refractivity contribution in [3.8, 4) is 17.2 Å². The normalized spacial score (nSPS) is 11.8. The van der Waals surface area contributed by atoms with Crippen molar-refractivity contribution in [2.75, 3.05) is 0 Å². The molecule has 4 rings (SSSR count). The summed E-state index contributed by atoms with van der Waals surface area (Å²) in [6.07, 6.45) is -4.45. The fraction of sp³-hybridized carbons (Fsp3) is 0.0526. The van der Waals surface area contributed by atoms with Gasteiger partial charge in [0.2, 0.25) is 0 Å². The number of aromatic nitrogens is 2. The van der Waals surface area contributed by atoms with Gasteiger partial charge in [0.15, 0.2) is 0 Å². The smallest absolute Gasteiger partial charge is 0.338 e. The first-order chi connectivity index (χ1) is 12.4. The van der Waals surface area contributed by atoms with Gasteiger partial charge in [-0.2, -0.15) is 18.4 Å². The molecule has 0 bridgehead atoms. The third kappa shape index (κ3) is 2.35. The van der Waals surface area contributed by atoms with Crippen molar-refractivity contribution in [2.45, 2.75) is 6.18 Å². The predicted octanol–water partition coefficient (Wildman–Crippen LogP) is 4.34. The fourth-order valence-electron chi connectivity index (χ4n) is 3.05. The number of halogens is 3. The summed E-state index contributed by atoms with van der Waals surface area (Å²) in [5, 5.41) is 9.61. The van der Waals surface area contributed by atoms with E-state index in [1.165, 1.54) is 22.6 Å². The monoisotopic (exact) mass is 353 g/mol. The number of H-pyrrole nitrogens is 1. The second-order valence-electron chi connectivity index (χ2n) is 5.78. The molecule has 2 aromatic heterocycles. The standard InChI is InChI=1S/C19H10F3N3O/c20-19(21,22)12-7-5-11(6-8-12)13-9-17(26)25-16-4-2-1-3-15(16)24-18(25)14(13)10-23/h1-9,24H.